The van der Waals surface area contributed by atoms with Crippen LogP contribution in [0.25, 0.3) is 11.1 Å². The van der Waals surface area contributed by atoms with Crippen LogP contribution in [0.15, 0.2) is 40.9 Å². The lowest BCUT2D eigenvalue weighted by atomic mass is 10.1. The van der Waals surface area contributed by atoms with Crippen LogP contribution in [-0.4, -0.2) is 28.0 Å². The molecule has 132 valence electrons. The Morgan fingerprint density at radius 1 is 1.23 bits per heavy atom. The van der Waals surface area contributed by atoms with Gasteiger partial charge in [-0.25, -0.2) is 9.78 Å². The minimum atomic E-state index is -0.891. The second-order valence-electron chi connectivity index (χ2n) is 6.59. The fourth-order valence-electron chi connectivity index (χ4n) is 2.98. The zero-order valence-corrected chi connectivity index (χ0v) is 14.6. The van der Waals surface area contributed by atoms with Crippen LogP contribution in [0.2, 0.25) is 0 Å². The van der Waals surface area contributed by atoms with Gasteiger partial charge >= 0.3 is 5.97 Å². The lowest BCUT2D eigenvalue weighted by molar-refractivity contribution is 0.0320. The van der Waals surface area contributed by atoms with E-state index in [9.17, 15) is 9.59 Å². The van der Waals surface area contributed by atoms with E-state index in [0.717, 1.165) is 18.5 Å². The van der Waals surface area contributed by atoms with Crippen molar-refractivity contribution in [2.75, 3.05) is 0 Å². The smallest absolute Gasteiger partial charge is 0.339 e. The molecule has 4 rings (SSSR count). The fraction of sp³-hybridized carbons (Fsp3) is 0.300. The summed E-state index contributed by atoms with van der Waals surface area (Å²) in [6.07, 6.45) is 1.20. The van der Waals surface area contributed by atoms with Crippen LogP contribution < -0.4 is 0 Å². The van der Waals surface area contributed by atoms with E-state index >= 15 is 0 Å². The van der Waals surface area contributed by atoms with E-state index in [-0.39, 0.29) is 5.78 Å². The van der Waals surface area contributed by atoms with Crippen LogP contribution in [0.1, 0.15) is 57.8 Å². The molecule has 0 bridgehead atoms. The average Bonchev–Trinajstić information content (AvgIpc) is 3.44. The molecule has 6 heteroatoms. The Morgan fingerprint density at radius 3 is 2.65 bits per heavy atom. The number of benzene rings is 1. The molecule has 6 nitrogen and oxygen atoms in total. The normalized spacial score (nSPS) is 15.0. The zero-order chi connectivity index (χ0) is 18.3. The number of pyridine rings is 1. The summed E-state index contributed by atoms with van der Waals surface area (Å²) in [5.74, 6) is -0.462. The van der Waals surface area contributed by atoms with Gasteiger partial charge in [-0.1, -0.05) is 35.5 Å². The molecule has 3 aromatic rings. The Balaban J connectivity index is 1.63. The summed E-state index contributed by atoms with van der Waals surface area (Å²) in [4.78, 5) is 29.7. The van der Waals surface area contributed by atoms with Crippen molar-refractivity contribution in [1.29, 1.82) is 0 Å². The number of Topliss-reactive ketones (excluding diaryl/α,β-unsaturated/α-hetero) is 1. The molecule has 1 atom stereocenters. The molecular formula is C20H18N2O4. The van der Waals surface area contributed by atoms with Gasteiger partial charge in [0.15, 0.2) is 6.10 Å². The van der Waals surface area contributed by atoms with Crippen molar-refractivity contribution in [3.8, 4) is 0 Å². The molecule has 0 amide bonds. The van der Waals surface area contributed by atoms with Gasteiger partial charge in [0.2, 0.25) is 5.78 Å². The van der Waals surface area contributed by atoms with Crippen molar-refractivity contribution in [2.45, 2.75) is 38.7 Å². The van der Waals surface area contributed by atoms with E-state index < -0.39 is 12.1 Å². The summed E-state index contributed by atoms with van der Waals surface area (Å²) in [5, 5.41) is 4.45. The molecular weight excluding hydrogens is 332 g/mol. The first-order valence-corrected chi connectivity index (χ1v) is 8.61. The number of carbonyl (C=O) groups is 2. The highest BCUT2D eigenvalue weighted by Crippen LogP contribution is 2.40. The Kier molecular flexibility index (Phi) is 4.03. The van der Waals surface area contributed by atoms with E-state index in [2.05, 4.69) is 10.1 Å². The number of nitrogens with zero attached hydrogens (tertiary/aromatic N) is 2. The fourth-order valence-corrected chi connectivity index (χ4v) is 2.98. The molecule has 0 saturated heterocycles. The zero-order valence-electron chi connectivity index (χ0n) is 14.6. The number of rotatable bonds is 5. The summed E-state index contributed by atoms with van der Waals surface area (Å²) in [7, 11) is 0. The molecule has 0 spiro atoms. The number of aromatic nitrogens is 2. The molecule has 1 saturated carbocycles. The quantitative estimate of drug-likeness (QED) is 0.514. The summed E-state index contributed by atoms with van der Waals surface area (Å²) in [5.41, 5.74) is 2.57. The first-order valence-electron chi connectivity index (χ1n) is 8.61. The number of fused-ring (bicyclic) bond motifs is 1. The summed E-state index contributed by atoms with van der Waals surface area (Å²) in [6.45, 7) is 3.33. The predicted octanol–water partition coefficient (Wildman–Crippen LogP) is 3.84. The first kappa shape index (κ1) is 16.4. The second-order valence-corrected chi connectivity index (χ2v) is 6.59. The Bertz CT molecular complexity index is 990. The number of hydrogen-bond donors (Lipinski definition) is 0. The molecule has 1 aromatic carbocycles. The van der Waals surface area contributed by atoms with Crippen molar-refractivity contribution in [3.05, 3.63) is 58.9 Å². The minimum Gasteiger partial charge on any atom is -0.451 e. The third kappa shape index (κ3) is 2.98. The largest absolute Gasteiger partial charge is 0.451 e. The van der Waals surface area contributed by atoms with Crippen molar-refractivity contribution in [3.63, 3.8) is 0 Å². The van der Waals surface area contributed by atoms with Crippen LogP contribution in [-0.2, 0) is 4.74 Å². The summed E-state index contributed by atoms with van der Waals surface area (Å²) >= 11 is 0. The Labute approximate surface area is 150 Å². The third-order valence-electron chi connectivity index (χ3n) is 4.56. The van der Waals surface area contributed by atoms with Gasteiger partial charge in [-0.05, 0) is 32.8 Å². The average molecular weight is 350 g/mol. The highest BCUT2D eigenvalue weighted by molar-refractivity contribution is 6.05. The van der Waals surface area contributed by atoms with Crippen molar-refractivity contribution < 1.29 is 18.8 Å². The van der Waals surface area contributed by atoms with E-state index in [1.807, 2.05) is 6.07 Å². The number of ether oxygens (including phenoxy) is 1. The van der Waals surface area contributed by atoms with E-state index in [1.54, 1.807) is 44.2 Å². The highest BCUT2D eigenvalue weighted by Gasteiger charge is 2.30. The van der Waals surface area contributed by atoms with Crippen molar-refractivity contribution in [1.82, 2.24) is 10.1 Å². The van der Waals surface area contributed by atoms with Gasteiger partial charge in [0, 0.05) is 17.2 Å². The first-order chi connectivity index (χ1) is 12.5. The topological polar surface area (TPSA) is 82.3 Å². The highest BCUT2D eigenvalue weighted by atomic mass is 16.5. The number of aryl methyl sites for hydroxylation is 1. The molecule has 1 fully saturated rings. The van der Waals surface area contributed by atoms with Gasteiger partial charge in [-0.2, -0.15) is 0 Å². The molecule has 2 heterocycles. The van der Waals surface area contributed by atoms with Gasteiger partial charge in [-0.3, -0.25) is 4.79 Å². The number of hydrogen-bond acceptors (Lipinski definition) is 6. The maximum Gasteiger partial charge on any atom is 0.339 e. The number of carbonyl (C=O) groups excluding carboxylic acids is 2. The van der Waals surface area contributed by atoms with Gasteiger partial charge in [0.05, 0.1) is 16.6 Å². The monoisotopic (exact) mass is 350 g/mol. The molecule has 1 unspecified atom stereocenters. The standard InChI is InChI=1S/C20H18N2O4/c1-11-17-15(10-16(13-8-9-13)21-19(17)26-22-11)20(24)25-12(2)18(23)14-6-4-3-5-7-14/h3-7,10,12-13H,8-9H2,1-2H3. The van der Waals surface area contributed by atoms with Crippen molar-refractivity contribution in [2.24, 2.45) is 0 Å². The molecule has 2 aromatic heterocycles. The van der Waals surface area contributed by atoms with E-state index in [0.29, 0.717) is 33.8 Å². The second kappa shape index (κ2) is 6.37. The summed E-state index contributed by atoms with van der Waals surface area (Å²) < 4.78 is 10.7. The van der Waals surface area contributed by atoms with Gasteiger partial charge in [0.1, 0.15) is 0 Å². The van der Waals surface area contributed by atoms with E-state index in [4.69, 9.17) is 9.26 Å². The van der Waals surface area contributed by atoms with Crippen LogP contribution >= 0.6 is 0 Å². The molecule has 1 aliphatic carbocycles. The van der Waals surface area contributed by atoms with Gasteiger partial charge in [-0.15, -0.1) is 0 Å². The van der Waals surface area contributed by atoms with Crippen LogP contribution in [0.5, 0.6) is 0 Å². The maximum absolute atomic E-state index is 12.8. The third-order valence-corrected chi connectivity index (χ3v) is 4.56. The molecule has 0 N–H and O–H groups in total. The molecule has 0 radical (unpaired) electrons. The molecule has 26 heavy (non-hydrogen) atoms. The van der Waals surface area contributed by atoms with E-state index in [1.165, 1.54) is 0 Å². The van der Waals surface area contributed by atoms with Crippen molar-refractivity contribution >= 4 is 22.9 Å². The lowest BCUT2D eigenvalue weighted by Crippen LogP contribution is -2.24. The number of ketones is 1. The summed E-state index contributed by atoms with van der Waals surface area (Å²) in [6, 6.07) is 10.5. The Morgan fingerprint density at radius 2 is 1.96 bits per heavy atom. The van der Waals surface area contributed by atoms with Gasteiger partial charge < -0.3 is 9.26 Å². The Hall–Kier alpha value is -3.02. The minimum absolute atomic E-state index is 0.242. The maximum atomic E-state index is 12.8. The van der Waals surface area contributed by atoms with Crippen LogP contribution in [0, 0.1) is 6.92 Å². The molecule has 0 aliphatic heterocycles. The predicted molar refractivity (Wildman–Crippen MR) is 94.2 cm³/mol. The van der Waals surface area contributed by atoms with Crippen LogP contribution in [0.4, 0.5) is 0 Å². The van der Waals surface area contributed by atoms with Crippen LogP contribution in [0.3, 0.4) is 0 Å². The SMILES string of the molecule is Cc1noc2nc(C3CC3)cc(C(=O)OC(C)C(=O)c3ccccc3)c12. The van der Waals surface area contributed by atoms with Gasteiger partial charge in [0.25, 0.3) is 5.71 Å². The number of esters is 1. The molecule has 1 aliphatic rings. The lowest BCUT2D eigenvalue weighted by Gasteiger charge is -2.13.